The molecule has 202 valence electrons. The Hall–Kier alpha value is -2.84. The van der Waals surface area contributed by atoms with Crippen LogP contribution in [-0.2, 0) is 19.0 Å². The monoisotopic (exact) mass is 495 g/mol. The van der Waals surface area contributed by atoms with E-state index in [2.05, 4.69) is 28.0 Å². The Morgan fingerprint density at radius 1 is 0.794 bits per heavy atom. The average Bonchev–Trinajstić information content (AvgIpc) is 2.80. The van der Waals surface area contributed by atoms with E-state index in [4.69, 9.17) is 32.4 Å². The van der Waals surface area contributed by atoms with Crippen molar-refractivity contribution in [2.45, 2.75) is 58.4 Å². The number of nitrogens with one attached hydrogen (secondary N) is 2. The fraction of sp³-hybridized carbons (Fsp3) is 0.800. The number of carbonyl (C=O) groups excluding carboxylic acids is 4. The number of unbranched alkanes of at least 4 members (excludes halogenated alkanes) is 2. The molecule has 1 unspecified atom stereocenters. The van der Waals surface area contributed by atoms with Gasteiger partial charge in [0.05, 0.1) is 12.6 Å². The molecule has 14 heteroatoms. The van der Waals surface area contributed by atoms with Crippen LogP contribution in [0.5, 0.6) is 0 Å². The SMILES string of the molecule is CCC(N)=O.CCCCN.NCCCCC(COC(=O)NCCOC(N)=O)NC(=O)OCCN. The van der Waals surface area contributed by atoms with Crippen molar-refractivity contribution in [1.29, 1.82) is 0 Å². The van der Waals surface area contributed by atoms with Gasteiger partial charge in [0.25, 0.3) is 0 Å². The van der Waals surface area contributed by atoms with Gasteiger partial charge in [0.1, 0.15) is 19.8 Å². The maximum atomic E-state index is 11.5. The van der Waals surface area contributed by atoms with E-state index < -0.39 is 24.3 Å². The lowest BCUT2D eigenvalue weighted by molar-refractivity contribution is -0.117. The maximum absolute atomic E-state index is 11.5. The quantitative estimate of drug-likeness (QED) is 0.114. The summed E-state index contributed by atoms with van der Waals surface area (Å²) in [6.07, 6.45) is 2.69. The molecular formula is C20H45N7O7. The highest BCUT2D eigenvalue weighted by Crippen LogP contribution is 2.02. The van der Waals surface area contributed by atoms with Gasteiger partial charge in [-0.15, -0.1) is 0 Å². The number of carbonyl (C=O) groups is 4. The number of hydrogen-bond acceptors (Lipinski definition) is 10. The summed E-state index contributed by atoms with van der Waals surface area (Å²) >= 11 is 0. The Morgan fingerprint density at radius 3 is 1.85 bits per heavy atom. The number of alkyl carbamates (subject to hydrolysis) is 2. The van der Waals surface area contributed by atoms with Crippen molar-refractivity contribution >= 4 is 24.2 Å². The van der Waals surface area contributed by atoms with Crippen molar-refractivity contribution in [3.63, 3.8) is 0 Å². The van der Waals surface area contributed by atoms with Crippen molar-refractivity contribution in [3.05, 3.63) is 0 Å². The second-order valence-corrected chi connectivity index (χ2v) is 6.71. The van der Waals surface area contributed by atoms with Crippen molar-refractivity contribution in [2.24, 2.45) is 28.7 Å². The van der Waals surface area contributed by atoms with E-state index in [9.17, 15) is 19.2 Å². The number of amides is 4. The van der Waals surface area contributed by atoms with Gasteiger partial charge in [0, 0.05) is 13.0 Å². The van der Waals surface area contributed by atoms with Crippen molar-refractivity contribution in [2.75, 3.05) is 46.0 Å². The smallest absolute Gasteiger partial charge is 0.407 e. The second-order valence-electron chi connectivity index (χ2n) is 6.71. The fourth-order valence-corrected chi connectivity index (χ4v) is 1.83. The van der Waals surface area contributed by atoms with Crippen LogP contribution in [0.3, 0.4) is 0 Å². The van der Waals surface area contributed by atoms with Crippen LogP contribution in [0.4, 0.5) is 14.4 Å². The highest BCUT2D eigenvalue weighted by Gasteiger charge is 2.15. The molecule has 0 aliphatic heterocycles. The lowest BCUT2D eigenvalue weighted by Gasteiger charge is -2.18. The third-order valence-electron chi connectivity index (χ3n) is 3.62. The third kappa shape index (κ3) is 33.8. The Morgan fingerprint density at radius 2 is 1.41 bits per heavy atom. The Balaban J connectivity index is -0.000000799. The zero-order chi connectivity index (χ0) is 26.6. The molecule has 14 nitrogen and oxygen atoms in total. The Labute approximate surface area is 201 Å². The van der Waals surface area contributed by atoms with E-state index in [1.165, 1.54) is 12.8 Å². The molecule has 0 heterocycles. The zero-order valence-corrected chi connectivity index (χ0v) is 20.5. The fourth-order valence-electron chi connectivity index (χ4n) is 1.83. The van der Waals surface area contributed by atoms with Gasteiger partial charge < -0.3 is 53.5 Å². The molecule has 34 heavy (non-hydrogen) atoms. The van der Waals surface area contributed by atoms with Gasteiger partial charge in [0.15, 0.2) is 0 Å². The van der Waals surface area contributed by atoms with E-state index in [1.807, 2.05) is 0 Å². The van der Waals surface area contributed by atoms with Crippen LogP contribution < -0.4 is 39.3 Å². The van der Waals surface area contributed by atoms with Crippen molar-refractivity contribution in [1.82, 2.24) is 10.6 Å². The molecule has 0 spiro atoms. The van der Waals surface area contributed by atoms with Crippen LogP contribution in [0.1, 0.15) is 52.4 Å². The van der Waals surface area contributed by atoms with Crippen molar-refractivity contribution < 1.29 is 33.4 Å². The molecular weight excluding hydrogens is 450 g/mol. The average molecular weight is 496 g/mol. The summed E-state index contributed by atoms with van der Waals surface area (Å²) in [6.45, 7) is 5.52. The van der Waals surface area contributed by atoms with Gasteiger partial charge in [-0.25, -0.2) is 14.4 Å². The number of nitrogens with two attached hydrogens (primary N) is 5. The summed E-state index contributed by atoms with van der Waals surface area (Å²) in [7, 11) is 0. The molecule has 1 atom stereocenters. The van der Waals surface area contributed by atoms with E-state index >= 15 is 0 Å². The van der Waals surface area contributed by atoms with E-state index in [1.54, 1.807) is 6.92 Å². The molecule has 0 aromatic heterocycles. The molecule has 0 aliphatic carbocycles. The van der Waals surface area contributed by atoms with Crippen LogP contribution >= 0.6 is 0 Å². The summed E-state index contributed by atoms with van der Waals surface area (Å²) in [5.74, 6) is -0.245. The number of hydrogen-bond donors (Lipinski definition) is 7. The predicted octanol–water partition coefficient (Wildman–Crippen LogP) is -0.383. The predicted molar refractivity (Wildman–Crippen MR) is 129 cm³/mol. The summed E-state index contributed by atoms with van der Waals surface area (Å²) < 4.78 is 14.3. The molecule has 0 radical (unpaired) electrons. The van der Waals surface area contributed by atoms with Gasteiger partial charge in [-0.3, -0.25) is 4.79 Å². The summed E-state index contributed by atoms with van der Waals surface area (Å²) in [5.41, 5.74) is 25.2. The normalized spacial score (nSPS) is 10.3. The van der Waals surface area contributed by atoms with E-state index in [0.717, 1.165) is 19.4 Å². The van der Waals surface area contributed by atoms with E-state index in [0.29, 0.717) is 19.4 Å². The highest BCUT2D eigenvalue weighted by atomic mass is 16.6. The van der Waals surface area contributed by atoms with Crippen LogP contribution in [-0.4, -0.2) is 76.2 Å². The summed E-state index contributed by atoms with van der Waals surface area (Å²) in [6, 6.07) is -0.408. The maximum Gasteiger partial charge on any atom is 0.407 e. The molecule has 0 aliphatic rings. The van der Waals surface area contributed by atoms with Gasteiger partial charge in [0.2, 0.25) is 5.91 Å². The first kappa shape index (κ1) is 35.7. The summed E-state index contributed by atoms with van der Waals surface area (Å²) in [4.78, 5) is 43.0. The topological polar surface area (TPSA) is 250 Å². The second kappa shape index (κ2) is 28.2. The van der Waals surface area contributed by atoms with E-state index in [-0.39, 0.29) is 38.8 Å². The lowest BCUT2D eigenvalue weighted by atomic mass is 10.1. The molecule has 12 N–H and O–H groups in total. The molecule has 0 saturated heterocycles. The minimum absolute atomic E-state index is 0.0369. The Kier molecular flexibility index (Phi) is 29.6. The first-order valence-corrected chi connectivity index (χ1v) is 11.3. The van der Waals surface area contributed by atoms with Crippen LogP contribution in [0.15, 0.2) is 0 Å². The zero-order valence-electron chi connectivity index (χ0n) is 20.5. The third-order valence-corrected chi connectivity index (χ3v) is 3.62. The molecule has 0 rings (SSSR count). The van der Waals surface area contributed by atoms with Crippen LogP contribution in [0, 0.1) is 0 Å². The summed E-state index contributed by atoms with van der Waals surface area (Å²) in [5, 5.41) is 4.97. The van der Waals surface area contributed by atoms with Gasteiger partial charge in [-0.1, -0.05) is 26.7 Å². The van der Waals surface area contributed by atoms with Gasteiger partial charge >= 0.3 is 18.3 Å². The standard InChI is InChI=1S/C13H27N5O6.C4H11N.C3H7NO/c14-4-2-1-3-10(18-13(21)23-7-5-15)9-24-12(20)17-6-8-22-11(16)19;1-2-3-4-5;1-2-3(4)5/h10H,1-9,14-15H2,(H2,16,19)(H,17,20)(H,18,21);2-5H2,1H3;2H2,1H3,(H2,4,5). The molecule has 4 amide bonds. The lowest BCUT2D eigenvalue weighted by Crippen LogP contribution is -2.41. The first-order valence-electron chi connectivity index (χ1n) is 11.3. The molecule has 0 aromatic carbocycles. The van der Waals surface area contributed by atoms with Crippen LogP contribution in [0.25, 0.3) is 0 Å². The van der Waals surface area contributed by atoms with Gasteiger partial charge in [-0.2, -0.15) is 0 Å². The largest absolute Gasteiger partial charge is 0.448 e. The first-order chi connectivity index (χ1) is 16.2. The minimum Gasteiger partial charge on any atom is -0.448 e. The molecule has 0 saturated carbocycles. The van der Waals surface area contributed by atoms with Crippen molar-refractivity contribution in [3.8, 4) is 0 Å². The number of ether oxygens (including phenoxy) is 3. The number of primary amides is 2. The molecule has 0 aromatic rings. The minimum atomic E-state index is -0.926. The van der Waals surface area contributed by atoms with Crippen LogP contribution in [0.2, 0.25) is 0 Å². The molecule has 0 fully saturated rings. The highest BCUT2D eigenvalue weighted by molar-refractivity contribution is 5.73. The van der Waals surface area contributed by atoms with Gasteiger partial charge in [-0.05, 0) is 32.4 Å². The number of rotatable bonds is 15. The molecule has 0 bridgehead atoms. The Bertz CT molecular complexity index is 523.